The molecule has 5 heteroatoms. The lowest BCUT2D eigenvalue weighted by atomic mass is 10.4. The van der Waals surface area contributed by atoms with E-state index in [4.69, 9.17) is 4.74 Å². The molecule has 13 heavy (non-hydrogen) atoms. The smallest absolute Gasteiger partial charge is 0.359 e. The third kappa shape index (κ3) is 2.61. The highest BCUT2D eigenvalue weighted by Gasteiger charge is 2.13. The Morgan fingerprint density at radius 1 is 1.69 bits per heavy atom. The fraction of sp³-hybridized carbons (Fsp3) is 0.375. The maximum atomic E-state index is 11.2. The Balaban J connectivity index is 2.95. The predicted octanol–water partition coefficient (Wildman–Crippen LogP) is 1.57. The van der Waals surface area contributed by atoms with Crippen LogP contribution in [-0.4, -0.2) is 22.5 Å². The highest BCUT2D eigenvalue weighted by Crippen LogP contribution is 2.08. The van der Waals surface area contributed by atoms with Gasteiger partial charge in [0.1, 0.15) is 3.70 Å². The van der Waals surface area contributed by atoms with Gasteiger partial charge in [0.05, 0.1) is 12.3 Å². The number of carbonyl (C=O) groups is 1. The minimum absolute atomic E-state index is 0.285. The molecular formula is C8H9IN2O2. The fourth-order valence-electron chi connectivity index (χ4n) is 0.784. The van der Waals surface area contributed by atoms with E-state index < -0.39 is 5.97 Å². The van der Waals surface area contributed by atoms with Crippen molar-refractivity contribution in [3.8, 4) is 0 Å². The highest BCUT2D eigenvalue weighted by molar-refractivity contribution is 14.1. The molecule has 0 spiro atoms. The van der Waals surface area contributed by atoms with E-state index in [1.807, 2.05) is 29.5 Å². The number of halogens is 1. The summed E-state index contributed by atoms with van der Waals surface area (Å²) >= 11 is 1.97. The zero-order valence-corrected chi connectivity index (χ0v) is 9.53. The first-order valence-corrected chi connectivity index (χ1v) is 4.89. The molecule has 0 saturated carbocycles. The van der Waals surface area contributed by atoms with Crippen molar-refractivity contribution in [2.75, 3.05) is 6.61 Å². The summed E-state index contributed by atoms with van der Waals surface area (Å²) in [5.74, 6) is -0.417. The van der Waals surface area contributed by atoms with Gasteiger partial charge in [0.15, 0.2) is 5.69 Å². The van der Waals surface area contributed by atoms with Crippen molar-refractivity contribution >= 4 is 28.6 Å². The van der Waals surface area contributed by atoms with Gasteiger partial charge in [-0.1, -0.05) is 0 Å². The van der Waals surface area contributed by atoms with Crippen LogP contribution in [0.15, 0.2) is 6.20 Å². The molecule has 0 atom stereocenters. The molecule has 70 valence electrons. The van der Waals surface area contributed by atoms with Crippen LogP contribution in [0.1, 0.15) is 23.1 Å². The quantitative estimate of drug-likeness (QED) is 0.613. The normalized spacial score (nSPS) is 9.77. The second-order valence-corrected chi connectivity index (χ2v) is 3.39. The van der Waals surface area contributed by atoms with E-state index >= 15 is 0 Å². The largest absolute Gasteiger partial charge is 0.461 e. The molecule has 0 saturated heterocycles. The number of hydrogen-bond donors (Lipinski definition) is 0. The first kappa shape index (κ1) is 10.4. The predicted molar refractivity (Wildman–Crippen MR) is 55.4 cm³/mol. The number of aryl methyl sites for hydroxylation is 1. The van der Waals surface area contributed by atoms with Gasteiger partial charge in [-0.15, -0.1) is 0 Å². The summed E-state index contributed by atoms with van der Waals surface area (Å²) < 4.78 is 5.38. The molecule has 1 aromatic rings. The lowest BCUT2D eigenvalue weighted by Crippen LogP contribution is -2.10. The Labute approximate surface area is 89.9 Å². The van der Waals surface area contributed by atoms with Gasteiger partial charge in [0.25, 0.3) is 0 Å². The van der Waals surface area contributed by atoms with Gasteiger partial charge >= 0.3 is 5.97 Å². The summed E-state index contributed by atoms with van der Waals surface area (Å²) in [4.78, 5) is 19.3. The van der Waals surface area contributed by atoms with E-state index in [1.165, 1.54) is 0 Å². The minimum Gasteiger partial charge on any atom is -0.461 e. The molecule has 4 nitrogen and oxygen atoms in total. The zero-order chi connectivity index (χ0) is 9.84. The van der Waals surface area contributed by atoms with Gasteiger partial charge in [-0.25, -0.2) is 14.8 Å². The van der Waals surface area contributed by atoms with Crippen LogP contribution in [0.4, 0.5) is 0 Å². The van der Waals surface area contributed by atoms with Crippen LogP contribution >= 0.6 is 22.6 Å². The molecule has 0 radical (unpaired) electrons. The third-order valence-corrected chi connectivity index (χ3v) is 2.07. The van der Waals surface area contributed by atoms with Gasteiger partial charge in [0, 0.05) is 6.20 Å². The average Bonchev–Trinajstić information content (AvgIpc) is 2.04. The van der Waals surface area contributed by atoms with E-state index in [0.717, 1.165) is 5.69 Å². The molecule has 0 aliphatic heterocycles. The zero-order valence-electron chi connectivity index (χ0n) is 7.37. The average molecular weight is 292 g/mol. The van der Waals surface area contributed by atoms with Crippen molar-refractivity contribution < 1.29 is 9.53 Å². The second-order valence-electron chi connectivity index (χ2n) is 2.37. The van der Waals surface area contributed by atoms with E-state index in [1.54, 1.807) is 13.1 Å². The molecule has 0 aliphatic carbocycles. The van der Waals surface area contributed by atoms with Crippen molar-refractivity contribution in [1.82, 2.24) is 9.97 Å². The Morgan fingerprint density at radius 3 is 2.92 bits per heavy atom. The Hall–Kier alpha value is -0.720. The number of aromatic nitrogens is 2. The molecule has 1 rings (SSSR count). The number of carbonyl (C=O) groups excluding carboxylic acids is 1. The van der Waals surface area contributed by atoms with Crippen LogP contribution in [0.3, 0.4) is 0 Å². The monoisotopic (exact) mass is 292 g/mol. The molecule has 1 heterocycles. The molecular weight excluding hydrogens is 283 g/mol. The summed E-state index contributed by atoms with van der Waals surface area (Å²) in [6, 6.07) is 0. The topological polar surface area (TPSA) is 52.1 Å². The maximum absolute atomic E-state index is 11.2. The van der Waals surface area contributed by atoms with Crippen LogP contribution in [-0.2, 0) is 4.74 Å². The van der Waals surface area contributed by atoms with Crippen LogP contribution in [0.2, 0.25) is 0 Å². The molecule has 0 unspecified atom stereocenters. The molecule has 0 N–H and O–H groups in total. The summed E-state index contributed by atoms with van der Waals surface area (Å²) in [6.45, 7) is 3.93. The molecule has 0 bridgehead atoms. The fourth-order valence-corrected chi connectivity index (χ4v) is 1.52. The number of ether oxygens (including phenoxy) is 1. The van der Waals surface area contributed by atoms with Crippen molar-refractivity contribution in [3.63, 3.8) is 0 Å². The SMILES string of the molecule is CCOC(=O)c1ncc(C)nc1I. The highest BCUT2D eigenvalue weighted by atomic mass is 127. The Bertz CT molecular complexity index is 328. The maximum Gasteiger partial charge on any atom is 0.359 e. The first-order valence-electron chi connectivity index (χ1n) is 3.81. The van der Waals surface area contributed by atoms with Gasteiger partial charge in [-0.05, 0) is 36.4 Å². The first-order chi connectivity index (χ1) is 6.15. The van der Waals surface area contributed by atoms with Crippen LogP contribution in [0, 0.1) is 10.6 Å². The van der Waals surface area contributed by atoms with E-state index in [9.17, 15) is 4.79 Å². The molecule has 0 fully saturated rings. The second kappa shape index (κ2) is 4.50. The third-order valence-electron chi connectivity index (χ3n) is 1.32. The van der Waals surface area contributed by atoms with Crippen molar-refractivity contribution in [1.29, 1.82) is 0 Å². The molecule has 1 aromatic heterocycles. The summed E-state index contributed by atoms with van der Waals surface area (Å²) in [5.41, 5.74) is 1.07. The lowest BCUT2D eigenvalue weighted by molar-refractivity contribution is 0.0517. The van der Waals surface area contributed by atoms with Crippen molar-refractivity contribution in [2.24, 2.45) is 0 Å². The van der Waals surface area contributed by atoms with E-state index in [0.29, 0.717) is 10.3 Å². The van der Waals surface area contributed by atoms with Crippen LogP contribution in [0.5, 0.6) is 0 Å². The molecule has 0 aliphatic rings. The standard InChI is InChI=1S/C8H9IN2O2/c1-3-13-8(12)6-7(9)11-5(2)4-10-6/h4H,3H2,1-2H3. The number of esters is 1. The van der Waals surface area contributed by atoms with Crippen molar-refractivity contribution in [2.45, 2.75) is 13.8 Å². The van der Waals surface area contributed by atoms with Gasteiger partial charge in [0.2, 0.25) is 0 Å². The van der Waals surface area contributed by atoms with Gasteiger partial charge in [-0.2, -0.15) is 0 Å². The lowest BCUT2D eigenvalue weighted by Gasteiger charge is -2.02. The Morgan fingerprint density at radius 2 is 2.38 bits per heavy atom. The summed E-state index contributed by atoms with van der Waals surface area (Å²) in [7, 11) is 0. The van der Waals surface area contributed by atoms with Crippen LogP contribution < -0.4 is 0 Å². The van der Waals surface area contributed by atoms with Gasteiger partial charge in [-0.3, -0.25) is 0 Å². The summed E-state index contributed by atoms with van der Waals surface area (Å²) in [5, 5.41) is 0. The minimum atomic E-state index is -0.417. The summed E-state index contributed by atoms with van der Waals surface area (Å²) in [6.07, 6.45) is 1.55. The Kier molecular flexibility index (Phi) is 3.58. The number of rotatable bonds is 2. The van der Waals surface area contributed by atoms with E-state index in [-0.39, 0.29) is 5.69 Å². The molecule has 0 aromatic carbocycles. The molecule has 0 amide bonds. The van der Waals surface area contributed by atoms with Gasteiger partial charge < -0.3 is 4.74 Å². The van der Waals surface area contributed by atoms with Crippen molar-refractivity contribution in [3.05, 3.63) is 21.3 Å². The van der Waals surface area contributed by atoms with E-state index in [2.05, 4.69) is 9.97 Å². The number of nitrogens with zero attached hydrogens (tertiary/aromatic N) is 2. The number of hydrogen-bond acceptors (Lipinski definition) is 4. The van der Waals surface area contributed by atoms with Crippen LogP contribution in [0.25, 0.3) is 0 Å².